The summed E-state index contributed by atoms with van der Waals surface area (Å²) in [6.45, 7) is 0. The number of hydrogen-bond acceptors (Lipinski definition) is 5. The highest BCUT2D eigenvalue weighted by molar-refractivity contribution is 9.10. The lowest BCUT2D eigenvalue weighted by Gasteiger charge is -2.57. The fourth-order valence-corrected chi connectivity index (χ4v) is 6.21. The van der Waals surface area contributed by atoms with Crippen molar-refractivity contribution in [2.75, 3.05) is 16.4 Å². The van der Waals surface area contributed by atoms with Crippen LogP contribution in [0.3, 0.4) is 0 Å². The van der Waals surface area contributed by atoms with Crippen LogP contribution in [0.4, 0.5) is 23.0 Å². The third-order valence-electron chi connectivity index (χ3n) is 6.39. The van der Waals surface area contributed by atoms with Crippen molar-refractivity contribution in [3.63, 3.8) is 0 Å². The highest BCUT2D eigenvalue weighted by Gasteiger charge is 2.51. The van der Waals surface area contributed by atoms with E-state index in [1.54, 1.807) is 6.33 Å². The third-order valence-corrected chi connectivity index (χ3v) is 6.89. The molecule has 1 aromatic carbocycles. The first-order chi connectivity index (χ1) is 12.6. The van der Waals surface area contributed by atoms with Crippen LogP contribution in [0, 0.1) is 17.8 Å². The molecule has 0 unspecified atom stereocenters. The molecule has 5 nitrogen and oxygen atoms in total. The van der Waals surface area contributed by atoms with Crippen molar-refractivity contribution < 1.29 is 0 Å². The Morgan fingerprint density at radius 3 is 2.31 bits per heavy atom. The summed E-state index contributed by atoms with van der Waals surface area (Å²) >= 11 is 3.50. The van der Waals surface area contributed by atoms with Gasteiger partial charge in [0.15, 0.2) is 11.6 Å². The standard InChI is InChI=1S/C20H24BrN5/c21-15-2-1-3-16(7-15)25-18-17(22)19(24-11-23-18)26-20-8-12-4-13(9-20)6-14(5-12)10-20/h1-3,7,11-14H,4-6,8-10,22H2,(H2,23,24,25,26). The molecule has 0 atom stereocenters. The van der Waals surface area contributed by atoms with E-state index in [1.165, 1.54) is 38.5 Å². The molecule has 4 bridgehead atoms. The zero-order chi connectivity index (χ0) is 17.7. The van der Waals surface area contributed by atoms with Gasteiger partial charge in [-0.05, 0) is 74.5 Å². The third kappa shape index (κ3) is 2.94. The predicted octanol–water partition coefficient (Wildman–Crippen LogP) is 4.95. The summed E-state index contributed by atoms with van der Waals surface area (Å²) in [5, 5.41) is 7.08. The summed E-state index contributed by atoms with van der Waals surface area (Å²) in [7, 11) is 0. The van der Waals surface area contributed by atoms with E-state index in [0.29, 0.717) is 11.5 Å². The van der Waals surface area contributed by atoms with Gasteiger partial charge in [-0.25, -0.2) is 9.97 Å². The second-order valence-corrected chi connectivity index (χ2v) is 9.36. The van der Waals surface area contributed by atoms with Crippen LogP contribution in [0.25, 0.3) is 0 Å². The van der Waals surface area contributed by atoms with Gasteiger partial charge in [0, 0.05) is 15.7 Å². The molecular formula is C20H24BrN5. The molecule has 136 valence electrons. The quantitative estimate of drug-likeness (QED) is 0.660. The molecular weight excluding hydrogens is 390 g/mol. The second-order valence-electron chi connectivity index (χ2n) is 8.44. The smallest absolute Gasteiger partial charge is 0.159 e. The van der Waals surface area contributed by atoms with Gasteiger partial charge in [-0.3, -0.25) is 0 Å². The molecule has 6 heteroatoms. The highest BCUT2D eigenvalue weighted by Crippen LogP contribution is 2.56. The van der Waals surface area contributed by atoms with Crippen LogP contribution >= 0.6 is 15.9 Å². The number of halogens is 1. The molecule has 4 N–H and O–H groups in total. The first-order valence-corrected chi connectivity index (χ1v) is 10.3. The summed E-state index contributed by atoms with van der Waals surface area (Å²) in [6.07, 6.45) is 9.66. The normalized spacial score (nSPS) is 31.8. The Hall–Kier alpha value is -1.82. The molecule has 0 spiro atoms. The second kappa shape index (κ2) is 6.12. The van der Waals surface area contributed by atoms with Crippen molar-refractivity contribution in [1.29, 1.82) is 0 Å². The van der Waals surface area contributed by atoms with E-state index in [-0.39, 0.29) is 5.54 Å². The fourth-order valence-electron chi connectivity index (χ4n) is 5.81. The van der Waals surface area contributed by atoms with Crippen molar-refractivity contribution in [3.8, 4) is 0 Å². The van der Waals surface area contributed by atoms with Crippen molar-refractivity contribution in [1.82, 2.24) is 9.97 Å². The van der Waals surface area contributed by atoms with E-state index < -0.39 is 0 Å². The van der Waals surface area contributed by atoms with E-state index in [2.05, 4.69) is 36.5 Å². The molecule has 4 fully saturated rings. The maximum Gasteiger partial charge on any atom is 0.159 e. The molecule has 4 saturated carbocycles. The van der Waals surface area contributed by atoms with Crippen LogP contribution in [0.5, 0.6) is 0 Å². The lowest BCUT2D eigenvalue weighted by Crippen LogP contribution is -2.55. The van der Waals surface area contributed by atoms with Crippen molar-refractivity contribution in [2.45, 2.75) is 44.1 Å². The number of anilines is 4. The molecule has 6 rings (SSSR count). The van der Waals surface area contributed by atoms with Crippen molar-refractivity contribution in [2.24, 2.45) is 17.8 Å². The molecule has 0 aliphatic heterocycles. The zero-order valence-corrected chi connectivity index (χ0v) is 16.3. The van der Waals surface area contributed by atoms with Crippen LogP contribution in [0.1, 0.15) is 38.5 Å². The number of nitrogens with zero attached hydrogens (tertiary/aromatic N) is 2. The first-order valence-electron chi connectivity index (χ1n) is 9.50. The number of benzene rings is 1. The highest BCUT2D eigenvalue weighted by atomic mass is 79.9. The summed E-state index contributed by atoms with van der Waals surface area (Å²) < 4.78 is 1.02. The number of nitrogen functional groups attached to an aromatic ring is 1. The SMILES string of the molecule is Nc1c(Nc2cccc(Br)c2)ncnc1NC12CC3CC(CC(C3)C1)C2. The number of nitrogens with two attached hydrogens (primary N) is 1. The summed E-state index contributed by atoms with van der Waals surface area (Å²) in [6, 6.07) is 7.99. The van der Waals surface area contributed by atoms with E-state index >= 15 is 0 Å². The van der Waals surface area contributed by atoms with Gasteiger partial charge < -0.3 is 16.4 Å². The maximum atomic E-state index is 6.44. The Bertz CT molecular complexity index is 801. The number of nitrogens with one attached hydrogen (secondary N) is 2. The molecule has 2 aromatic rings. The molecule has 26 heavy (non-hydrogen) atoms. The lowest BCUT2D eigenvalue weighted by atomic mass is 9.53. The van der Waals surface area contributed by atoms with Gasteiger partial charge in [0.25, 0.3) is 0 Å². The summed E-state index contributed by atoms with van der Waals surface area (Å²) in [5.74, 6) is 4.09. The summed E-state index contributed by atoms with van der Waals surface area (Å²) in [5.41, 5.74) is 8.17. The van der Waals surface area contributed by atoms with Crippen LogP contribution < -0.4 is 16.4 Å². The fraction of sp³-hybridized carbons (Fsp3) is 0.500. The van der Waals surface area contributed by atoms with E-state index in [4.69, 9.17) is 5.73 Å². The van der Waals surface area contributed by atoms with E-state index in [0.717, 1.165) is 33.7 Å². The van der Waals surface area contributed by atoms with Crippen LogP contribution in [0.2, 0.25) is 0 Å². The topological polar surface area (TPSA) is 75.9 Å². The minimum absolute atomic E-state index is 0.185. The molecule has 1 heterocycles. The maximum absolute atomic E-state index is 6.44. The number of aromatic nitrogens is 2. The molecule has 4 aliphatic carbocycles. The largest absolute Gasteiger partial charge is 0.393 e. The van der Waals surface area contributed by atoms with E-state index in [9.17, 15) is 0 Å². The lowest BCUT2D eigenvalue weighted by molar-refractivity contribution is 0.0106. The van der Waals surface area contributed by atoms with Crippen molar-refractivity contribution >= 4 is 38.9 Å². The van der Waals surface area contributed by atoms with Gasteiger partial charge in [-0.15, -0.1) is 0 Å². The molecule has 0 amide bonds. The van der Waals surface area contributed by atoms with Crippen LogP contribution in [-0.2, 0) is 0 Å². The Labute approximate surface area is 162 Å². The van der Waals surface area contributed by atoms with Gasteiger partial charge in [0.1, 0.15) is 12.0 Å². The van der Waals surface area contributed by atoms with Gasteiger partial charge in [0.2, 0.25) is 0 Å². The first kappa shape index (κ1) is 16.4. The molecule has 0 radical (unpaired) electrons. The van der Waals surface area contributed by atoms with Gasteiger partial charge in [0.05, 0.1) is 0 Å². The molecule has 1 aromatic heterocycles. The Kier molecular flexibility index (Phi) is 3.85. The average molecular weight is 414 g/mol. The predicted molar refractivity (Wildman–Crippen MR) is 108 cm³/mol. The van der Waals surface area contributed by atoms with Gasteiger partial charge >= 0.3 is 0 Å². The Balaban J connectivity index is 1.40. The van der Waals surface area contributed by atoms with E-state index in [1.807, 2.05) is 24.3 Å². The van der Waals surface area contributed by atoms with Gasteiger partial charge in [-0.2, -0.15) is 0 Å². The monoisotopic (exact) mass is 413 g/mol. The van der Waals surface area contributed by atoms with Crippen LogP contribution in [0.15, 0.2) is 35.1 Å². The minimum atomic E-state index is 0.185. The molecule has 4 aliphatic rings. The van der Waals surface area contributed by atoms with Crippen LogP contribution in [-0.4, -0.2) is 15.5 Å². The molecule has 0 saturated heterocycles. The average Bonchev–Trinajstić information content (AvgIpc) is 2.57. The Morgan fingerprint density at radius 1 is 1.00 bits per heavy atom. The minimum Gasteiger partial charge on any atom is -0.393 e. The Morgan fingerprint density at radius 2 is 1.65 bits per heavy atom. The number of rotatable bonds is 4. The van der Waals surface area contributed by atoms with Crippen molar-refractivity contribution in [3.05, 3.63) is 35.1 Å². The zero-order valence-electron chi connectivity index (χ0n) is 14.7. The summed E-state index contributed by atoms with van der Waals surface area (Å²) in [4.78, 5) is 8.83. The van der Waals surface area contributed by atoms with Gasteiger partial charge in [-0.1, -0.05) is 22.0 Å². The number of hydrogen-bond donors (Lipinski definition) is 3.